The molecule has 0 saturated carbocycles. The van der Waals surface area contributed by atoms with Crippen molar-refractivity contribution in [1.82, 2.24) is 9.97 Å². The Morgan fingerprint density at radius 3 is 2.69 bits per heavy atom. The number of sulfone groups is 1. The van der Waals surface area contributed by atoms with Gasteiger partial charge >= 0.3 is 0 Å². The zero-order valence-corrected chi connectivity index (χ0v) is 15.9. The highest BCUT2D eigenvalue weighted by molar-refractivity contribution is 7.91. The SMILES string of the molecule is O=S(=O)(c1ccccc1)c1cc(Cl)nc(Nc2nc3c(s2)COCC3)c1. The molecule has 1 aliphatic heterocycles. The Morgan fingerprint density at radius 2 is 1.92 bits per heavy atom. The minimum Gasteiger partial charge on any atom is -0.375 e. The van der Waals surface area contributed by atoms with Crippen LogP contribution in [0.25, 0.3) is 0 Å². The van der Waals surface area contributed by atoms with Crippen LogP contribution < -0.4 is 5.32 Å². The molecule has 0 radical (unpaired) electrons. The third kappa shape index (κ3) is 3.45. The molecule has 0 aliphatic carbocycles. The Balaban J connectivity index is 1.67. The predicted molar refractivity (Wildman–Crippen MR) is 99.9 cm³/mol. The van der Waals surface area contributed by atoms with Gasteiger partial charge in [-0.05, 0) is 18.2 Å². The first-order valence-corrected chi connectivity index (χ1v) is 10.5. The topological polar surface area (TPSA) is 81.2 Å². The van der Waals surface area contributed by atoms with Gasteiger partial charge in [-0.1, -0.05) is 41.1 Å². The number of fused-ring (bicyclic) bond motifs is 1. The van der Waals surface area contributed by atoms with Crippen LogP contribution in [0.3, 0.4) is 0 Å². The van der Waals surface area contributed by atoms with E-state index in [2.05, 4.69) is 15.3 Å². The molecule has 1 aromatic carbocycles. The molecule has 0 amide bonds. The number of aromatic nitrogens is 2. The van der Waals surface area contributed by atoms with Crippen LogP contribution in [0.1, 0.15) is 10.6 Å². The summed E-state index contributed by atoms with van der Waals surface area (Å²) in [7, 11) is -3.68. The molecule has 2 aromatic heterocycles. The molecule has 1 aliphatic rings. The Morgan fingerprint density at radius 1 is 1.12 bits per heavy atom. The highest BCUT2D eigenvalue weighted by Gasteiger charge is 2.20. The third-order valence-corrected chi connectivity index (χ3v) is 6.79. The summed E-state index contributed by atoms with van der Waals surface area (Å²) >= 11 is 7.52. The van der Waals surface area contributed by atoms with Gasteiger partial charge < -0.3 is 10.1 Å². The molecule has 134 valence electrons. The third-order valence-electron chi connectivity index (χ3n) is 3.86. The molecule has 9 heteroatoms. The molecule has 0 fully saturated rings. The molecule has 26 heavy (non-hydrogen) atoms. The van der Waals surface area contributed by atoms with Crippen molar-refractivity contribution in [3.63, 3.8) is 0 Å². The van der Waals surface area contributed by atoms with Gasteiger partial charge in [-0.15, -0.1) is 0 Å². The largest absolute Gasteiger partial charge is 0.375 e. The first kappa shape index (κ1) is 17.4. The van der Waals surface area contributed by atoms with Crippen LogP contribution in [-0.4, -0.2) is 25.0 Å². The monoisotopic (exact) mass is 407 g/mol. The standard InChI is InChI=1S/C17H14ClN3O3S2/c18-15-8-12(26(22,23)11-4-2-1-3-5-11)9-16(20-15)21-17-19-13-6-7-24-10-14(13)25-17/h1-5,8-9H,6-7,10H2,(H,19,20,21). The predicted octanol–water partition coefficient (Wildman–Crippen LogP) is 3.84. The van der Waals surface area contributed by atoms with Crippen molar-refractivity contribution in [2.45, 2.75) is 22.8 Å². The molecule has 0 saturated heterocycles. The summed E-state index contributed by atoms with van der Waals surface area (Å²) in [5.74, 6) is 0.332. The van der Waals surface area contributed by atoms with Gasteiger partial charge in [-0.25, -0.2) is 18.4 Å². The van der Waals surface area contributed by atoms with Gasteiger partial charge in [-0.3, -0.25) is 0 Å². The van der Waals surface area contributed by atoms with E-state index in [1.165, 1.54) is 23.5 Å². The number of nitrogens with zero attached hydrogens (tertiary/aromatic N) is 2. The van der Waals surface area contributed by atoms with Crippen molar-refractivity contribution < 1.29 is 13.2 Å². The minimum absolute atomic E-state index is 0.0795. The van der Waals surface area contributed by atoms with E-state index in [0.717, 1.165) is 17.0 Å². The van der Waals surface area contributed by atoms with Crippen LogP contribution >= 0.6 is 22.9 Å². The molecule has 6 nitrogen and oxygen atoms in total. The summed E-state index contributed by atoms with van der Waals surface area (Å²) in [4.78, 5) is 10.0. The number of hydrogen-bond acceptors (Lipinski definition) is 7. The summed E-state index contributed by atoms with van der Waals surface area (Å²) in [6, 6.07) is 11.0. The first-order chi connectivity index (χ1) is 12.5. The van der Waals surface area contributed by atoms with Crippen molar-refractivity contribution in [3.05, 3.63) is 58.2 Å². The Kier molecular flexibility index (Phi) is 4.66. The van der Waals surface area contributed by atoms with E-state index in [1.807, 2.05) is 0 Å². The quantitative estimate of drug-likeness (QED) is 0.662. The average molecular weight is 408 g/mol. The van der Waals surface area contributed by atoms with Gasteiger partial charge in [0.15, 0.2) is 5.13 Å². The zero-order chi connectivity index (χ0) is 18.1. The molecule has 0 bridgehead atoms. The number of hydrogen-bond donors (Lipinski definition) is 1. The van der Waals surface area contributed by atoms with Crippen molar-refractivity contribution in [3.8, 4) is 0 Å². The first-order valence-electron chi connectivity index (χ1n) is 7.83. The number of benzene rings is 1. The molecule has 1 N–H and O–H groups in total. The lowest BCUT2D eigenvalue weighted by atomic mass is 10.2. The van der Waals surface area contributed by atoms with E-state index in [4.69, 9.17) is 16.3 Å². The van der Waals surface area contributed by atoms with Gasteiger partial charge in [0.2, 0.25) is 9.84 Å². The number of anilines is 2. The Bertz CT molecular complexity index is 1030. The van der Waals surface area contributed by atoms with Gasteiger partial charge in [0.25, 0.3) is 0 Å². The minimum atomic E-state index is -3.68. The molecule has 3 aromatic rings. The van der Waals surface area contributed by atoms with Crippen LogP contribution in [0.2, 0.25) is 5.15 Å². The van der Waals surface area contributed by atoms with Crippen LogP contribution in [0, 0.1) is 0 Å². The molecule has 0 unspecified atom stereocenters. The molecular weight excluding hydrogens is 394 g/mol. The van der Waals surface area contributed by atoms with E-state index in [1.54, 1.807) is 30.3 Å². The molecule has 0 atom stereocenters. The van der Waals surface area contributed by atoms with Gasteiger partial charge in [-0.2, -0.15) is 0 Å². The number of nitrogens with one attached hydrogen (secondary N) is 1. The van der Waals surface area contributed by atoms with Crippen molar-refractivity contribution in [2.75, 3.05) is 11.9 Å². The second-order valence-corrected chi connectivity index (χ2v) is 9.06. The summed E-state index contributed by atoms with van der Waals surface area (Å²) in [6.07, 6.45) is 0.768. The number of ether oxygens (including phenoxy) is 1. The summed E-state index contributed by atoms with van der Waals surface area (Å²) in [6.45, 7) is 1.20. The lowest BCUT2D eigenvalue weighted by Gasteiger charge is -2.08. The Labute approximate surface area is 159 Å². The van der Waals surface area contributed by atoms with Crippen molar-refractivity contribution in [1.29, 1.82) is 0 Å². The smallest absolute Gasteiger partial charge is 0.206 e. The van der Waals surface area contributed by atoms with E-state index < -0.39 is 9.84 Å². The molecule has 3 heterocycles. The fourth-order valence-electron chi connectivity index (χ4n) is 2.62. The van der Waals surface area contributed by atoms with Crippen LogP contribution in [-0.2, 0) is 27.6 Å². The number of pyridine rings is 1. The van der Waals surface area contributed by atoms with Crippen molar-refractivity contribution in [2.24, 2.45) is 0 Å². The maximum atomic E-state index is 12.8. The van der Waals surface area contributed by atoms with Crippen LogP contribution in [0.15, 0.2) is 52.3 Å². The second-order valence-electron chi connectivity index (χ2n) is 5.64. The summed E-state index contributed by atoms with van der Waals surface area (Å²) in [5.41, 5.74) is 1.00. The lowest BCUT2D eigenvalue weighted by Crippen LogP contribution is -2.07. The van der Waals surface area contributed by atoms with Gasteiger partial charge in [0.05, 0.1) is 33.6 Å². The van der Waals surface area contributed by atoms with Gasteiger partial charge in [0, 0.05) is 12.5 Å². The van der Waals surface area contributed by atoms with Crippen molar-refractivity contribution >= 4 is 43.7 Å². The maximum Gasteiger partial charge on any atom is 0.206 e. The van der Waals surface area contributed by atoms with Crippen LogP contribution in [0.5, 0.6) is 0 Å². The van der Waals surface area contributed by atoms with Crippen LogP contribution in [0.4, 0.5) is 10.9 Å². The molecule has 4 rings (SSSR count). The van der Waals surface area contributed by atoms with E-state index >= 15 is 0 Å². The fraction of sp³-hybridized carbons (Fsp3) is 0.176. The molecular formula is C17H14ClN3O3S2. The normalized spacial score (nSPS) is 14.0. The highest BCUT2D eigenvalue weighted by Crippen LogP contribution is 2.31. The number of halogens is 1. The number of thiazole rings is 1. The molecule has 0 spiro atoms. The number of rotatable bonds is 4. The summed E-state index contributed by atoms with van der Waals surface area (Å²) < 4.78 is 31.0. The highest BCUT2D eigenvalue weighted by atomic mass is 35.5. The lowest BCUT2D eigenvalue weighted by molar-refractivity contribution is 0.112. The maximum absolute atomic E-state index is 12.8. The van der Waals surface area contributed by atoms with Gasteiger partial charge in [0.1, 0.15) is 11.0 Å². The average Bonchev–Trinajstić information content (AvgIpc) is 3.04. The zero-order valence-electron chi connectivity index (χ0n) is 13.5. The van der Waals surface area contributed by atoms with E-state index in [-0.39, 0.29) is 14.9 Å². The fourth-order valence-corrected chi connectivity index (χ4v) is 5.16. The van der Waals surface area contributed by atoms with E-state index in [9.17, 15) is 8.42 Å². The second kappa shape index (κ2) is 6.96. The van der Waals surface area contributed by atoms with E-state index in [0.29, 0.717) is 24.2 Å². The summed E-state index contributed by atoms with van der Waals surface area (Å²) in [5, 5.41) is 3.79. The Hall–Kier alpha value is -2.00.